The molecule has 1 heterocycles. The Morgan fingerprint density at radius 2 is 1.95 bits per heavy atom. The van der Waals surface area contributed by atoms with Crippen LogP contribution in [0, 0.1) is 5.92 Å². The zero-order valence-electron chi connectivity index (χ0n) is 11.7. The van der Waals surface area contributed by atoms with E-state index in [-0.39, 0.29) is 6.10 Å². The number of hydrogen-bond acceptors (Lipinski definition) is 2. The zero-order valence-corrected chi connectivity index (χ0v) is 11.7. The summed E-state index contributed by atoms with van der Waals surface area (Å²) in [6.45, 7) is 3.45. The fourth-order valence-corrected chi connectivity index (χ4v) is 3.66. The minimum absolute atomic E-state index is 0.0285. The van der Waals surface area contributed by atoms with Gasteiger partial charge >= 0.3 is 0 Å². The highest BCUT2D eigenvalue weighted by molar-refractivity contribution is 5.27. The van der Waals surface area contributed by atoms with Crippen LogP contribution in [-0.2, 0) is 13.0 Å². The highest BCUT2D eigenvalue weighted by Gasteiger charge is 2.25. The number of fused-ring (bicyclic) bond motifs is 1. The van der Waals surface area contributed by atoms with Crippen LogP contribution in [-0.4, -0.2) is 29.2 Å². The molecule has 1 aliphatic heterocycles. The van der Waals surface area contributed by atoms with Gasteiger partial charge < -0.3 is 5.11 Å². The van der Waals surface area contributed by atoms with Gasteiger partial charge in [0.15, 0.2) is 0 Å². The van der Waals surface area contributed by atoms with Crippen LogP contribution in [0.15, 0.2) is 24.3 Å². The highest BCUT2D eigenvalue weighted by Crippen LogP contribution is 2.29. The quantitative estimate of drug-likeness (QED) is 0.902. The summed E-state index contributed by atoms with van der Waals surface area (Å²) in [5.74, 6) is 0.554. The predicted molar refractivity (Wildman–Crippen MR) is 78.0 cm³/mol. The van der Waals surface area contributed by atoms with Gasteiger partial charge in [0.25, 0.3) is 0 Å². The van der Waals surface area contributed by atoms with Crippen molar-refractivity contribution >= 4 is 0 Å². The molecule has 1 N–H and O–H groups in total. The number of benzene rings is 1. The largest absolute Gasteiger partial charge is 0.393 e. The van der Waals surface area contributed by atoms with Gasteiger partial charge in [-0.05, 0) is 62.2 Å². The Labute approximate surface area is 116 Å². The van der Waals surface area contributed by atoms with Crippen LogP contribution in [0.4, 0.5) is 0 Å². The summed E-state index contributed by atoms with van der Waals surface area (Å²) in [5.41, 5.74) is 3.04. The molecule has 1 aromatic carbocycles. The van der Waals surface area contributed by atoms with E-state index in [1.54, 1.807) is 0 Å². The summed E-state index contributed by atoms with van der Waals surface area (Å²) in [4.78, 5) is 2.58. The monoisotopic (exact) mass is 259 g/mol. The molecular weight excluding hydrogens is 234 g/mol. The summed E-state index contributed by atoms with van der Waals surface area (Å²) >= 11 is 0. The molecule has 0 spiro atoms. The van der Waals surface area contributed by atoms with Gasteiger partial charge in [-0.15, -0.1) is 0 Å². The standard InChI is InChI=1S/C17H25NO/c19-17-9-3-7-15(17)10-12-18-11-4-8-14-5-1-2-6-16(14)13-18/h1-2,5-6,15,17,19H,3-4,7-13H2. The number of aliphatic hydroxyl groups is 1. The SMILES string of the molecule is OC1CCCC1CCN1CCCc2ccccc2C1. The van der Waals surface area contributed by atoms with E-state index in [0.717, 1.165) is 19.5 Å². The summed E-state index contributed by atoms with van der Waals surface area (Å²) in [6.07, 6.45) is 7.10. The Bertz CT molecular complexity index is 417. The predicted octanol–water partition coefficient (Wildman–Crippen LogP) is 2.99. The lowest BCUT2D eigenvalue weighted by Gasteiger charge is -2.23. The van der Waals surface area contributed by atoms with Crippen molar-refractivity contribution in [2.24, 2.45) is 5.92 Å². The van der Waals surface area contributed by atoms with Gasteiger partial charge in [-0.2, -0.15) is 0 Å². The first-order valence-corrected chi connectivity index (χ1v) is 7.80. The molecule has 2 atom stereocenters. The molecule has 0 radical (unpaired) electrons. The van der Waals surface area contributed by atoms with Crippen LogP contribution in [0.5, 0.6) is 0 Å². The fraction of sp³-hybridized carbons (Fsp3) is 0.647. The van der Waals surface area contributed by atoms with Crippen molar-refractivity contribution in [3.8, 4) is 0 Å². The highest BCUT2D eigenvalue weighted by atomic mass is 16.3. The van der Waals surface area contributed by atoms with Crippen LogP contribution in [0.2, 0.25) is 0 Å². The van der Waals surface area contributed by atoms with E-state index >= 15 is 0 Å². The lowest BCUT2D eigenvalue weighted by molar-refractivity contribution is 0.117. The van der Waals surface area contributed by atoms with Crippen LogP contribution >= 0.6 is 0 Å². The minimum atomic E-state index is -0.0285. The molecule has 1 fully saturated rings. The van der Waals surface area contributed by atoms with Gasteiger partial charge in [-0.25, -0.2) is 0 Å². The van der Waals surface area contributed by atoms with Crippen LogP contribution < -0.4 is 0 Å². The van der Waals surface area contributed by atoms with Gasteiger partial charge in [-0.3, -0.25) is 4.90 Å². The molecule has 2 heteroatoms. The molecule has 0 bridgehead atoms. The lowest BCUT2D eigenvalue weighted by atomic mass is 10.0. The molecule has 1 aliphatic carbocycles. The Morgan fingerprint density at radius 1 is 1.11 bits per heavy atom. The Kier molecular flexibility index (Phi) is 4.19. The van der Waals surface area contributed by atoms with E-state index in [1.165, 1.54) is 49.8 Å². The van der Waals surface area contributed by atoms with Crippen molar-refractivity contribution in [1.82, 2.24) is 4.90 Å². The molecule has 0 saturated heterocycles. The summed E-state index contributed by atoms with van der Waals surface area (Å²) in [6, 6.07) is 8.87. The van der Waals surface area contributed by atoms with Gasteiger partial charge in [-0.1, -0.05) is 30.7 Å². The number of nitrogens with zero attached hydrogens (tertiary/aromatic N) is 1. The fourth-order valence-electron chi connectivity index (χ4n) is 3.66. The molecular formula is C17H25NO. The first-order valence-electron chi connectivity index (χ1n) is 7.80. The third kappa shape index (κ3) is 3.18. The van der Waals surface area contributed by atoms with E-state index < -0.39 is 0 Å². The van der Waals surface area contributed by atoms with Crippen LogP contribution in [0.3, 0.4) is 0 Å². The van der Waals surface area contributed by atoms with Crippen LogP contribution in [0.1, 0.15) is 43.2 Å². The van der Waals surface area contributed by atoms with Gasteiger partial charge in [0, 0.05) is 6.54 Å². The number of rotatable bonds is 3. The normalized spacial score (nSPS) is 28.1. The number of hydrogen-bond donors (Lipinski definition) is 1. The van der Waals surface area contributed by atoms with Crippen molar-refractivity contribution in [2.45, 2.75) is 51.2 Å². The average molecular weight is 259 g/mol. The molecule has 0 amide bonds. The molecule has 1 saturated carbocycles. The molecule has 2 nitrogen and oxygen atoms in total. The lowest BCUT2D eigenvalue weighted by Crippen LogP contribution is -2.27. The van der Waals surface area contributed by atoms with E-state index in [4.69, 9.17) is 0 Å². The average Bonchev–Trinajstić information content (AvgIpc) is 2.72. The summed E-state index contributed by atoms with van der Waals surface area (Å²) < 4.78 is 0. The molecule has 19 heavy (non-hydrogen) atoms. The molecule has 2 unspecified atom stereocenters. The second-order valence-corrected chi connectivity index (χ2v) is 6.20. The van der Waals surface area contributed by atoms with Gasteiger partial charge in [0.2, 0.25) is 0 Å². The third-order valence-electron chi connectivity index (χ3n) is 4.87. The first kappa shape index (κ1) is 13.1. The van der Waals surface area contributed by atoms with Crippen molar-refractivity contribution < 1.29 is 5.11 Å². The molecule has 0 aromatic heterocycles. The maximum absolute atomic E-state index is 9.91. The van der Waals surface area contributed by atoms with Crippen molar-refractivity contribution in [2.75, 3.05) is 13.1 Å². The minimum Gasteiger partial charge on any atom is -0.393 e. The molecule has 3 rings (SSSR count). The zero-order chi connectivity index (χ0) is 13.1. The first-order chi connectivity index (χ1) is 9.33. The number of aliphatic hydroxyl groups excluding tert-OH is 1. The Hall–Kier alpha value is -0.860. The topological polar surface area (TPSA) is 23.5 Å². The van der Waals surface area contributed by atoms with E-state index in [9.17, 15) is 5.11 Å². The molecule has 2 aliphatic rings. The van der Waals surface area contributed by atoms with E-state index in [1.807, 2.05) is 0 Å². The van der Waals surface area contributed by atoms with E-state index in [0.29, 0.717) is 5.92 Å². The second kappa shape index (κ2) is 6.06. The van der Waals surface area contributed by atoms with Crippen molar-refractivity contribution in [1.29, 1.82) is 0 Å². The third-order valence-corrected chi connectivity index (χ3v) is 4.87. The Balaban J connectivity index is 1.57. The second-order valence-electron chi connectivity index (χ2n) is 6.20. The summed E-state index contributed by atoms with van der Waals surface area (Å²) in [5, 5.41) is 9.91. The maximum atomic E-state index is 9.91. The smallest absolute Gasteiger partial charge is 0.0568 e. The molecule has 104 valence electrons. The van der Waals surface area contributed by atoms with Crippen molar-refractivity contribution in [3.05, 3.63) is 35.4 Å². The van der Waals surface area contributed by atoms with Crippen LogP contribution in [0.25, 0.3) is 0 Å². The molecule has 1 aromatic rings. The van der Waals surface area contributed by atoms with Crippen molar-refractivity contribution in [3.63, 3.8) is 0 Å². The van der Waals surface area contributed by atoms with Gasteiger partial charge in [0.1, 0.15) is 0 Å². The maximum Gasteiger partial charge on any atom is 0.0568 e. The number of aryl methyl sites for hydroxylation is 1. The van der Waals surface area contributed by atoms with E-state index in [2.05, 4.69) is 29.2 Å². The Morgan fingerprint density at radius 3 is 2.74 bits per heavy atom. The summed E-state index contributed by atoms with van der Waals surface area (Å²) in [7, 11) is 0. The van der Waals surface area contributed by atoms with Gasteiger partial charge in [0.05, 0.1) is 6.10 Å².